The molecule has 2 amide bonds. The summed E-state index contributed by atoms with van der Waals surface area (Å²) in [5, 5.41) is 21.0. The van der Waals surface area contributed by atoms with Crippen LogP contribution < -0.4 is 5.32 Å². The molecule has 0 aromatic heterocycles. The molecule has 1 aliphatic heterocycles. The van der Waals surface area contributed by atoms with Gasteiger partial charge in [-0.1, -0.05) is 13.3 Å². The van der Waals surface area contributed by atoms with Crippen molar-refractivity contribution in [1.29, 1.82) is 0 Å². The molecule has 3 N–H and O–H groups in total. The fourth-order valence-corrected chi connectivity index (χ4v) is 1.95. The normalized spacial score (nSPS) is 22.5. The summed E-state index contributed by atoms with van der Waals surface area (Å²) in [7, 11) is 0. The number of carboxylic acid groups (broad SMARTS) is 1. The predicted molar refractivity (Wildman–Crippen MR) is 67.9 cm³/mol. The minimum absolute atomic E-state index is 0.0551. The van der Waals surface area contributed by atoms with Crippen molar-refractivity contribution in [3.05, 3.63) is 0 Å². The molecule has 1 fully saturated rings. The summed E-state index contributed by atoms with van der Waals surface area (Å²) in [5.41, 5.74) is 0. The number of carbonyl (C=O) groups is 2. The molecule has 1 saturated heterocycles. The van der Waals surface area contributed by atoms with Gasteiger partial charge in [-0.25, -0.2) is 9.59 Å². The third-order valence-electron chi connectivity index (χ3n) is 2.99. The van der Waals surface area contributed by atoms with Crippen LogP contribution in [0.5, 0.6) is 0 Å². The lowest BCUT2D eigenvalue weighted by molar-refractivity contribution is -0.141. The van der Waals surface area contributed by atoms with Gasteiger partial charge >= 0.3 is 12.0 Å². The highest BCUT2D eigenvalue weighted by Gasteiger charge is 2.38. The van der Waals surface area contributed by atoms with E-state index >= 15 is 0 Å². The number of carboxylic acids is 1. The van der Waals surface area contributed by atoms with Crippen LogP contribution in [0.2, 0.25) is 0 Å². The molecule has 0 aliphatic carbocycles. The number of amides is 2. The van der Waals surface area contributed by atoms with Crippen LogP contribution in [0.3, 0.4) is 0 Å². The standard InChI is InChI=1S/C12H22N2O5/c1-2-3-5-19-6-4-13-12(18)14-8-9(15)7-10(14)11(16)17/h9-10,15H,2-8H2,1H3,(H,13,18)(H,16,17)/t9-,10-/m1/s1. The van der Waals surface area contributed by atoms with E-state index in [4.69, 9.17) is 9.84 Å². The van der Waals surface area contributed by atoms with Gasteiger partial charge in [-0.15, -0.1) is 0 Å². The van der Waals surface area contributed by atoms with Crippen LogP contribution in [0.4, 0.5) is 4.79 Å². The molecular formula is C12H22N2O5. The molecule has 0 bridgehead atoms. The number of hydrogen-bond donors (Lipinski definition) is 3. The highest BCUT2D eigenvalue weighted by molar-refractivity contribution is 5.83. The smallest absolute Gasteiger partial charge is 0.326 e. The van der Waals surface area contributed by atoms with Crippen molar-refractivity contribution in [3.63, 3.8) is 0 Å². The number of hydrogen-bond acceptors (Lipinski definition) is 4. The first-order valence-electron chi connectivity index (χ1n) is 6.59. The first-order valence-corrected chi connectivity index (χ1v) is 6.59. The molecule has 0 radical (unpaired) electrons. The first-order chi connectivity index (χ1) is 9.06. The van der Waals surface area contributed by atoms with Gasteiger partial charge in [-0.2, -0.15) is 0 Å². The summed E-state index contributed by atoms with van der Waals surface area (Å²) in [4.78, 5) is 23.9. The Balaban J connectivity index is 2.26. The fraction of sp³-hybridized carbons (Fsp3) is 0.833. The van der Waals surface area contributed by atoms with Gasteiger partial charge in [0.1, 0.15) is 6.04 Å². The van der Waals surface area contributed by atoms with Crippen molar-refractivity contribution in [2.45, 2.75) is 38.3 Å². The lowest BCUT2D eigenvalue weighted by Gasteiger charge is -2.21. The van der Waals surface area contributed by atoms with E-state index in [1.807, 2.05) is 0 Å². The van der Waals surface area contributed by atoms with Gasteiger partial charge in [0.15, 0.2) is 0 Å². The molecule has 0 aromatic carbocycles. The maximum Gasteiger partial charge on any atom is 0.326 e. The summed E-state index contributed by atoms with van der Waals surface area (Å²) >= 11 is 0. The van der Waals surface area contributed by atoms with Gasteiger partial charge < -0.3 is 25.2 Å². The number of nitrogens with zero attached hydrogens (tertiary/aromatic N) is 1. The number of carbonyl (C=O) groups excluding carboxylic acids is 1. The molecule has 110 valence electrons. The van der Waals surface area contributed by atoms with Crippen molar-refractivity contribution in [3.8, 4) is 0 Å². The summed E-state index contributed by atoms with van der Waals surface area (Å²) in [6, 6.07) is -1.42. The molecular weight excluding hydrogens is 252 g/mol. The summed E-state index contributed by atoms with van der Waals surface area (Å²) in [5.74, 6) is -1.09. The van der Waals surface area contributed by atoms with Gasteiger partial charge in [0.25, 0.3) is 0 Å². The molecule has 0 saturated carbocycles. The second kappa shape index (κ2) is 7.96. The second-order valence-corrected chi connectivity index (χ2v) is 4.59. The zero-order valence-electron chi connectivity index (χ0n) is 11.2. The van der Waals surface area contributed by atoms with Crippen molar-refractivity contribution in [2.75, 3.05) is 26.3 Å². The minimum Gasteiger partial charge on any atom is -0.480 e. The van der Waals surface area contributed by atoms with Crippen molar-refractivity contribution >= 4 is 12.0 Å². The molecule has 0 aromatic rings. The number of urea groups is 1. The van der Waals surface area contributed by atoms with Crippen molar-refractivity contribution in [2.24, 2.45) is 0 Å². The Labute approximate surface area is 112 Å². The van der Waals surface area contributed by atoms with E-state index in [-0.39, 0.29) is 13.0 Å². The van der Waals surface area contributed by atoms with Crippen LogP contribution in [0, 0.1) is 0 Å². The summed E-state index contributed by atoms with van der Waals surface area (Å²) in [6.45, 7) is 3.52. The molecule has 0 unspecified atom stereocenters. The first kappa shape index (κ1) is 15.7. The van der Waals surface area contributed by atoms with Gasteiger partial charge in [0.05, 0.1) is 12.7 Å². The number of aliphatic hydroxyl groups is 1. The Bertz CT molecular complexity index is 310. The third kappa shape index (κ3) is 5.04. The maximum atomic E-state index is 11.8. The number of nitrogens with one attached hydrogen (secondary N) is 1. The van der Waals surface area contributed by atoms with Gasteiger partial charge in [-0.05, 0) is 6.42 Å². The number of aliphatic carboxylic acids is 1. The average molecular weight is 274 g/mol. The number of likely N-dealkylation sites (tertiary alicyclic amines) is 1. The van der Waals surface area contributed by atoms with Gasteiger partial charge in [-0.3, -0.25) is 0 Å². The molecule has 1 aliphatic rings. The minimum atomic E-state index is -1.09. The number of rotatable bonds is 7. The Morgan fingerprint density at radius 3 is 2.79 bits per heavy atom. The van der Waals surface area contributed by atoms with Crippen LogP contribution >= 0.6 is 0 Å². The van der Waals surface area contributed by atoms with E-state index in [0.717, 1.165) is 17.7 Å². The van der Waals surface area contributed by atoms with E-state index in [0.29, 0.717) is 19.8 Å². The quantitative estimate of drug-likeness (QED) is 0.569. The second-order valence-electron chi connectivity index (χ2n) is 4.59. The third-order valence-corrected chi connectivity index (χ3v) is 2.99. The molecule has 1 rings (SSSR count). The van der Waals surface area contributed by atoms with E-state index in [1.54, 1.807) is 0 Å². The molecule has 7 nitrogen and oxygen atoms in total. The summed E-state index contributed by atoms with van der Waals surface area (Å²) in [6.07, 6.45) is 1.34. The van der Waals surface area contributed by atoms with Crippen LogP contribution in [0.15, 0.2) is 0 Å². The highest BCUT2D eigenvalue weighted by atomic mass is 16.5. The van der Waals surface area contributed by atoms with E-state index < -0.39 is 24.1 Å². The lowest BCUT2D eigenvalue weighted by atomic mass is 10.2. The number of unbranched alkanes of at least 4 members (excludes halogenated alkanes) is 1. The van der Waals surface area contributed by atoms with Crippen LogP contribution in [-0.2, 0) is 9.53 Å². The highest BCUT2D eigenvalue weighted by Crippen LogP contribution is 2.17. The Hall–Kier alpha value is -1.34. The molecule has 7 heteroatoms. The maximum absolute atomic E-state index is 11.8. The van der Waals surface area contributed by atoms with Crippen LogP contribution in [0.1, 0.15) is 26.2 Å². The number of β-amino-alcohol motifs (C(OH)–C–C–N with tert-alkyl or cyclic N) is 1. The number of aliphatic hydroxyl groups excluding tert-OH is 1. The molecule has 0 spiro atoms. The Kier molecular flexibility index (Phi) is 6.58. The van der Waals surface area contributed by atoms with Gasteiger partial charge in [0, 0.05) is 26.1 Å². The van der Waals surface area contributed by atoms with Crippen LogP contribution in [0.25, 0.3) is 0 Å². The molecule has 19 heavy (non-hydrogen) atoms. The van der Waals surface area contributed by atoms with Crippen molar-refractivity contribution < 1.29 is 24.5 Å². The zero-order chi connectivity index (χ0) is 14.3. The monoisotopic (exact) mass is 274 g/mol. The molecule has 1 heterocycles. The lowest BCUT2D eigenvalue weighted by Crippen LogP contribution is -2.46. The number of ether oxygens (including phenoxy) is 1. The average Bonchev–Trinajstić information content (AvgIpc) is 2.76. The largest absolute Gasteiger partial charge is 0.480 e. The van der Waals surface area contributed by atoms with E-state index in [2.05, 4.69) is 12.2 Å². The van der Waals surface area contributed by atoms with E-state index in [9.17, 15) is 14.7 Å². The molecule has 2 atom stereocenters. The fourth-order valence-electron chi connectivity index (χ4n) is 1.95. The van der Waals surface area contributed by atoms with Crippen molar-refractivity contribution in [1.82, 2.24) is 10.2 Å². The zero-order valence-corrected chi connectivity index (χ0v) is 11.2. The Morgan fingerprint density at radius 1 is 1.42 bits per heavy atom. The summed E-state index contributed by atoms with van der Waals surface area (Å²) < 4.78 is 5.28. The topological polar surface area (TPSA) is 99.1 Å². The van der Waals surface area contributed by atoms with Crippen LogP contribution in [-0.4, -0.2) is 65.6 Å². The predicted octanol–water partition coefficient (Wildman–Crippen LogP) is 0.0325. The van der Waals surface area contributed by atoms with E-state index in [1.165, 1.54) is 0 Å². The van der Waals surface area contributed by atoms with Gasteiger partial charge in [0.2, 0.25) is 0 Å². The Morgan fingerprint density at radius 2 is 2.16 bits per heavy atom. The SMILES string of the molecule is CCCCOCCNC(=O)N1C[C@H](O)C[C@@H]1C(=O)O.